The first-order valence-corrected chi connectivity index (χ1v) is 6.97. The average Bonchev–Trinajstić information content (AvgIpc) is 3.00. The number of rotatable bonds is 6. The number of methoxy groups -OCH3 is 1. The number of nitrogens with two attached hydrogens (primary N) is 1. The Morgan fingerprint density at radius 2 is 2.40 bits per heavy atom. The molecule has 20 heavy (non-hydrogen) atoms. The number of esters is 1. The molecule has 0 bridgehead atoms. The van der Waals surface area contributed by atoms with Gasteiger partial charge in [0.15, 0.2) is 5.82 Å². The van der Waals surface area contributed by atoms with Crippen molar-refractivity contribution in [3.63, 3.8) is 0 Å². The van der Waals surface area contributed by atoms with Gasteiger partial charge in [-0.25, -0.2) is 4.79 Å². The Balaban J connectivity index is 1.88. The minimum absolute atomic E-state index is 0.204. The Bertz CT molecular complexity index is 592. The van der Waals surface area contributed by atoms with Crippen molar-refractivity contribution < 1.29 is 9.53 Å². The van der Waals surface area contributed by atoms with Crippen LogP contribution in [0.2, 0.25) is 0 Å². The number of carbonyl (C=O) groups is 1. The molecular formula is C12H17N5O2S. The van der Waals surface area contributed by atoms with Gasteiger partial charge in [-0.15, -0.1) is 0 Å². The minimum atomic E-state index is -0.468. The van der Waals surface area contributed by atoms with E-state index in [0.717, 1.165) is 25.1 Å². The number of aromatic amines is 1. The van der Waals surface area contributed by atoms with Crippen LogP contribution in [0, 0.1) is 6.92 Å². The van der Waals surface area contributed by atoms with E-state index in [-0.39, 0.29) is 5.82 Å². The number of nitrogens with zero attached hydrogens (tertiary/aromatic N) is 2. The smallest absolute Gasteiger partial charge is 0.344 e. The van der Waals surface area contributed by atoms with Crippen LogP contribution in [0.5, 0.6) is 0 Å². The first kappa shape index (κ1) is 14.3. The van der Waals surface area contributed by atoms with E-state index >= 15 is 0 Å². The second-order valence-corrected chi connectivity index (χ2v) is 5.09. The third-order valence-corrected chi connectivity index (χ3v) is 3.77. The zero-order valence-corrected chi connectivity index (χ0v) is 12.2. The predicted molar refractivity (Wildman–Crippen MR) is 78.0 cm³/mol. The van der Waals surface area contributed by atoms with E-state index in [1.165, 1.54) is 24.2 Å². The van der Waals surface area contributed by atoms with Gasteiger partial charge in [0, 0.05) is 12.2 Å². The van der Waals surface area contributed by atoms with Gasteiger partial charge >= 0.3 is 5.97 Å². The Kier molecular flexibility index (Phi) is 4.57. The number of H-pyrrole nitrogens is 1. The van der Waals surface area contributed by atoms with E-state index in [4.69, 9.17) is 10.5 Å². The van der Waals surface area contributed by atoms with E-state index in [1.807, 2.05) is 13.1 Å². The molecule has 0 aliphatic rings. The molecule has 2 heterocycles. The number of hydrogen-bond acceptors (Lipinski definition) is 7. The Morgan fingerprint density at radius 1 is 1.60 bits per heavy atom. The highest BCUT2D eigenvalue weighted by Gasteiger charge is 2.19. The van der Waals surface area contributed by atoms with E-state index in [2.05, 4.69) is 19.9 Å². The van der Waals surface area contributed by atoms with E-state index in [9.17, 15) is 4.79 Å². The fourth-order valence-electron chi connectivity index (χ4n) is 1.83. The highest BCUT2D eigenvalue weighted by molar-refractivity contribution is 7.11. The van der Waals surface area contributed by atoms with Gasteiger partial charge in [-0.1, -0.05) is 0 Å². The Labute approximate surface area is 120 Å². The van der Waals surface area contributed by atoms with Crippen molar-refractivity contribution in [3.8, 4) is 0 Å². The molecule has 0 aliphatic heterocycles. The van der Waals surface area contributed by atoms with Crippen molar-refractivity contribution in [1.29, 1.82) is 0 Å². The van der Waals surface area contributed by atoms with Gasteiger partial charge in [0.2, 0.25) is 0 Å². The van der Waals surface area contributed by atoms with Gasteiger partial charge in [0.05, 0.1) is 13.3 Å². The summed E-state index contributed by atoms with van der Waals surface area (Å²) in [6, 6.07) is 0. The van der Waals surface area contributed by atoms with Crippen molar-refractivity contribution in [2.45, 2.75) is 19.8 Å². The highest BCUT2D eigenvalue weighted by atomic mass is 32.1. The molecule has 2 rings (SSSR count). The quantitative estimate of drug-likeness (QED) is 0.552. The lowest BCUT2D eigenvalue weighted by Gasteiger charge is -2.05. The largest absolute Gasteiger partial charge is 0.465 e. The molecule has 108 valence electrons. The Hall–Kier alpha value is -2.09. The minimum Gasteiger partial charge on any atom is -0.465 e. The topological polar surface area (TPSA) is 106 Å². The molecule has 7 nitrogen and oxygen atoms in total. The summed E-state index contributed by atoms with van der Waals surface area (Å²) in [6.07, 6.45) is 3.66. The van der Waals surface area contributed by atoms with Gasteiger partial charge in [-0.2, -0.15) is 9.47 Å². The summed E-state index contributed by atoms with van der Waals surface area (Å²) in [5, 5.41) is 10.7. The molecule has 8 heteroatoms. The third kappa shape index (κ3) is 3.08. The lowest BCUT2D eigenvalue weighted by atomic mass is 10.1. The second kappa shape index (κ2) is 6.38. The van der Waals surface area contributed by atoms with Gasteiger partial charge < -0.3 is 15.8 Å². The van der Waals surface area contributed by atoms with Gasteiger partial charge in [0.25, 0.3) is 0 Å². The number of nitrogen functional groups attached to an aromatic ring is 1. The van der Waals surface area contributed by atoms with Crippen molar-refractivity contribution in [1.82, 2.24) is 14.6 Å². The summed E-state index contributed by atoms with van der Waals surface area (Å²) < 4.78 is 8.66. The van der Waals surface area contributed by atoms with Crippen molar-refractivity contribution in [2.75, 3.05) is 24.7 Å². The molecule has 0 spiro atoms. The van der Waals surface area contributed by atoms with Crippen LogP contribution in [0.4, 0.5) is 10.8 Å². The molecule has 0 atom stereocenters. The third-order valence-electron chi connectivity index (χ3n) is 2.95. The number of hydrogen-bond donors (Lipinski definition) is 3. The average molecular weight is 295 g/mol. The van der Waals surface area contributed by atoms with Gasteiger partial charge in [0.1, 0.15) is 10.6 Å². The first-order valence-electron chi connectivity index (χ1n) is 6.19. The monoisotopic (exact) mass is 295 g/mol. The van der Waals surface area contributed by atoms with Crippen molar-refractivity contribution in [2.24, 2.45) is 0 Å². The van der Waals surface area contributed by atoms with Crippen molar-refractivity contribution >= 4 is 28.3 Å². The van der Waals surface area contributed by atoms with Crippen LogP contribution in [-0.4, -0.2) is 34.2 Å². The summed E-state index contributed by atoms with van der Waals surface area (Å²) >= 11 is 1.17. The van der Waals surface area contributed by atoms with Crippen LogP contribution in [0.3, 0.4) is 0 Å². The normalized spacial score (nSPS) is 10.5. The van der Waals surface area contributed by atoms with Gasteiger partial charge in [-0.05, 0) is 36.9 Å². The summed E-state index contributed by atoms with van der Waals surface area (Å²) in [7, 11) is 1.32. The van der Waals surface area contributed by atoms with Gasteiger partial charge in [-0.3, -0.25) is 5.10 Å². The van der Waals surface area contributed by atoms with Crippen molar-refractivity contribution in [3.05, 3.63) is 23.0 Å². The molecule has 0 aromatic carbocycles. The van der Waals surface area contributed by atoms with Crippen LogP contribution in [0.1, 0.15) is 28.0 Å². The highest BCUT2D eigenvalue weighted by Crippen LogP contribution is 2.27. The molecule has 0 aliphatic carbocycles. The van der Waals surface area contributed by atoms with E-state index in [1.54, 1.807) is 0 Å². The van der Waals surface area contributed by atoms with Crippen LogP contribution in [0.15, 0.2) is 6.20 Å². The van der Waals surface area contributed by atoms with E-state index < -0.39 is 5.97 Å². The molecule has 0 saturated carbocycles. The SMILES string of the molecule is COC(=O)c1c(N)nsc1NCCCc1cn[nH]c1C. The molecule has 0 radical (unpaired) electrons. The number of carbonyl (C=O) groups excluding carboxylic acids is 1. The molecule has 2 aromatic heterocycles. The lowest BCUT2D eigenvalue weighted by Crippen LogP contribution is -2.09. The Morgan fingerprint density at radius 3 is 3.05 bits per heavy atom. The van der Waals surface area contributed by atoms with E-state index in [0.29, 0.717) is 10.6 Å². The fraction of sp³-hybridized carbons (Fsp3) is 0.417. The first-order chi connectivity index (χ1) is 9.63. The lowest BCUT2D eigenvalue weighted by molar-refractivity contribution is 0.0603. The zero-order valence-electron chi connectivity index (χ0n) is 11.4. The predicted octanol–water partition coefficient (Wildman–Crippen LogP) is 1.59. The zero-order chi connectivity index (χ0) is 14.5. The fourth-order valence-corrected chi connectivity index (χ4v) is 2.56. The molecule has 0 fully saturated rings. The summed E-state index contributed by atoms with van der Waals surface area (Å²) in [4.78, 5) is 11.6. The van der Waals surface area contributed by atoms with Crippen LogP contribution in [0.25, 0.3) is 0 Å². The molecule has 2 aromatic rings. The molecule has 0 amide bonds. The number of aryl methyl sites for hydroxylation is 2. The molecule has 0 unspecified atom stereocenters. The standard InChI is InChI=1S/C12H17N5O2S/c1-7-8(6-15-16-7)4-3-5-14-11-9(12(18)19-2)10(13)17-20-11/h6,14H,3-5H2,1-2H3,(H2,13,17)(H,15,16). The number of anilines is 2. The number of ether oxygens (including phenoxy) is 1. The number of aromatic nitrogens is 3. The summed E-state index contributed by atoms with van der Waals surface area (Å²) in [5.41, 5.74) is 8.27. The van der Waals surface area contributed by atoms with Crippen LogP contribution < -0.4 is 11.1 Å². The van der Waals surface area contributed by atoms with Crippen LogP contribution >= 0.6 is 11.5 Å². The second-order valence-electron chi connectivity index (χ2n) is 4.31. The molecule has 0 saturated heterocycles. The maximum absolute atomic E-state index is 11.6. The maximum Gasteiger partial charge on any atom is 0.344 e. The molecule has 4 N–H and O–H groups in total. The summed E-state index contributed by atoms with van der Waals surface area (Å²) in [6.45, 7) is 2.71. The van der Waals surface area contributed by atoms with Crippen LogP contribution in [-0.2, 0) is 11.2 Å². The number of nitrogens with one attached hydrogen (secondary N) is 2. The maximum atomic E-state index is 11.6. The molecular weight excluding hydrogens is 278 g/mol. The summed E-state index contributed by atoms with van der Waals surface area (Å²) in [5.74, 6) is -0.264.